The van der Waals surface area contributed by atoms with Crippen LogP contribution in [0.3, 0.4) is 0 Å². The third-order valence-corrected chi connectivity index (χ3v) is 6.10. The first-order chi connectivity index (χ1) is 13.3. The minimum atomic E-state index is 0.685. The summed E-state index contributed by atoms with van der Waals surface area (Å²) in [6.45, 7) is 0. The molecule has 1 aromatic heterocycles. The van der Waals surface area contributed by atoms with E-state index in [-0.39, 0.29) is 0 Å². The van der Waals surface area contributed by atoms with Crippen molar-refractivity contribution in [1.82, 2.24) is 0 Å². The van der Waals surface area contributed by atoms with Crippen molar-refractivity contribution >= 4 is 31.5 Å². The molecular formula is C25H15NS. The van der Waals surface area contributed by atoms with E-state index >= 15 is 0 Å². The average molecular weight is 361 g/mol. The topological polar surface area (TPSA) is 23.8 Å². The van der Waals surface area contributed by atoms with Crippen molar-refractivity contribution in [3.8, 4) is 28.3 Å². The van der Waals surface area contributed by atoms with E-state index in [1.807, 2.05) is 41.7 Å². The molecule has 0 N–H and O–H groups in total. The van der Waals surface area contributed by atoms with Crippen LogP contribution in [0, 0.1) is 11.3 Å². The maximum absolute atomic E-state index is 9.56. The second kappa shape index (κ2) is 6.39. The van der Waals surface area contributed by atoms with Crippen LogP contribution in [0.1, 0.15) is 5.56 Å². The molecule has 0 amide bonds. The van der Waals surface area contributed by atoms with E-state index in [9.17, 15) is 5.26 Å². The van der Waals surface area contributed by atoms with Crippen LogP contribution in [-0.2, 0) is 0 Å². The fourth-order valence-corrected chi connectivity index (χ4v) is 4.86. The van der Waals surface area contributed by atoms with E-state index < -0.39 is 0 Å². The van der Waals surface area contributed by atoms with Crippen LogP contribution in [0.5, 0.6) is 0 Å². The van der Waals surface area contributed by atoms with Gasteiger partial charge < -0.3 is 0 Å². The first-order valence-electron chi connectivity index (χ1n) is 8.85. The number of benzene rings is 4. The second-order valence-electron chi connectivity index (χ2n) is 6.56. The lowest BCUT2D eigenvalue weighted by molar-refractivity contribution is 1.48. The molecule has 0 saturated heterocycles. The fraction of sp³-hybridized carbons (Fsp3) is 0. The second-order valence-corrected chi connectivity index (χ2v) is 7.61. The predicted molar refractivity (Wildman–Crippen MR) is 115 cm³/mol. The zero-order valence-electron chi connectivity index (χ0n) is 14.5. The summed E-state index contributed by atoms with van der Waals surface area (Å²) >= 11 is 1.82. The highest BCUT2D eigenvalue weighted by atomic mass is 32.1. The standard InChI is InChI=1S/C25H15NS/c26-16-17-13-19(18-7-2-1-3-8-18)15-20(14-17)21-10-6-11-23-22-9-4-5-12-24(22)27-25(21)23/h1-15H. The average Bonchev–Trinajstić information content (AvgIpc) is 3.13. The molecule has 1 heterocycles. The largest absolute Gasteiger partial charge is 0.192 e. The summed E-state index contributed by atoms with van der Waals surface area (Å²) in [6.07, 6.45) is 0. The molecule has 0 aliphatic heterocycles. The summed E-state index contributed by atoms with van der Waals surface area (Å²) in [5.41, 5.74) is 5.15. The molecular weight excluding hydrogens is 346 g/mol. The summed E-state index contributed by atoms with van der Waals surface area (Å²) < 4.78 is 2.56. The summed E-state index contributed by atoms with van der Waals surface area (Å²) in [7, 11) is 0. The van der Waals surface area contributed by atoms with Crippen LogP contribution in [0.15, 0.2) is 91.0 Å². The van der Waals surface area contributed by atoms with Crippen LogP contribution < -0.4 is 0 Å². The molecule has 0 bridgehead atoms. The molecule has 1 nitrogen and oxygen atoms in total. The van der Waals surface area contributed by atoms with Gasteiger partial charge in [0.15, 0.2) is 0 Å². The zero-order chi connectivity index (χ0) is 18.2. The molecule has 0 aliphatic rings. The van der Waals surface area contributed by atoms with Gasteiger partial charge in [-0.05, 0) is 46.5 Å². The molecule has 27 heavy (non-hydrogen) atoms. The lowest BCUT2D eigenvalue weighted by Gasteiger charge is -2.09. The number of thiophene rings is 1. The Morgan fingerprint density at radius 1 is 0.630 bits per heavy atom. The highest BCUT2D eigenvalue weighted by molar-refractivity contribution is 7.26. The van der Waals surface area contributed by atoms with Crippen LogP contribution in [-0.4, -0.2) is 0 Å². The summed E-state index contributed by atoms with van der Waals surface area (Å²) in [4.78, 5) is 0. The zero-order valence-corrected chi connectivity index (χ0v) is 15.3. The molecule has 0 aliphatic carbocycles. The van der Waals surface area contributed by atoms with Gasteiger partial charge >= 0.3 is 0 Å². The van der Waals surface area contributed by atoms with Gasteiger partial charge in [-0.15, -0.1) is 11.3 Å². The molecule has 0 unspecified atom stereocenters. The Morgan fingerprint density at radius 2 is 1.37 bits per heavy atom. The fourth-order valence-electron chi connectivity index (χ4n) is 3.62. The van der Waals surface area contributed by atoms with E-state index in [0.717, 1.165) is 16.7 Å². The van der Waals surface area contributed by atoms with Gasteiger partial charge in [0.05, 0.1) is 11.6 Å². The Labute approximate surface area is 161 Å². The summed E-state index contributed by atoms with van der Waals surface area (Å²) in [5, 5.41) is 12.1. The van der Waals surface area contributed by atoms with E-state index in [0.29, 0.717) is 5.56 Å². The Bertz CT molecular complexity index is 1320. The van der Waals surface area contributed by atoms with E-state index in [2.05, 4.69) is 66.7 Å². The minimum Gasteiger partial charge on any atom is -0.192 e. The SMILES string of the molecule is N#Cc1cc(-c2ccccc2)cc(-c2cccc3c2sc2ccccc23)c1. The first kappa shape index (κ1) is 15.8. The van der Waals surface area contributed by atoms with Crippen molar-refractivity contribution in [2.24, 2.45) is 0 Å². The summed E-state index contributed by atoms with van der Waals surface area (Å²) in [6, 6.07) is 33.7. The van der Waals surface area contributed by atoms with Crippen LogP contribution in [0.25, 0.3) is 42.4 Å². The molecule has 0 fully saturated rings. The van der Waals surface area contributed by atoms with Crippen molar-refractivity contribution in [3.05, 3.63) is 96.6 Å². The van der Waals surface area contributed by atoms with Gasteiger partial charge in [-0.2, -0.15) is 5.26 Å². The highest BCUT2D eigenvalue weighted by Crippen LogP contribution is 2.40. The molecule has 4 aromatic carbocycles. The molecule has 126 valence electrons. The smallest absolute Gasteiger partial charge is 0.0992 e. The Hall–Kier alpha value is -3.41. The quantitative estimate of drug-likeness (QED) is 0.324. The summed E-state index contributed by atoms with van der Waals surface area (Å²) in [5.74, 6) is 0. The van der Waals surface area contributed by atoms with Crippen molar-refractivity contribution < 1.29 is 0 Å². The molecule has 2 heteroatoms. The van der Waals surface area contributed by atoms with Crippen molar-refractivity contribution in [2.45, 2.75) is 0 Å². The number of nitriles is 1. The maximum Gasteiger partial charge on any atom is 0.0992 e. The molecule has 0 atom stereocenters. The van der Waals surface area contributed by atoms with Gasteiger partial charge in [0.1, 0.15) is 0 Å². The Balaban J connectivity index is 1.79. The predicted octanol–water partition coefficient (Wildman–Crippen LogP) is 7.26. The number of hydrogen-bond acceptors (Lipinski definition) is 2. The van der Waals surface area contributed by atoms with Crippen molar-refractivity contribution in [2.75, 3.05) is 0 Å². The van der Waals surface area contributed by atoms with Gasteiger partial charge in [0, 0.05) is 20.2 Å². The minimum absolute atomic E-state index is 0.685. The van der Waals surface area contributed by atoms with E-state index in [1.165, 1.54) is 25.7 Å². The molecule has 5 aromatic rings. The molecule has 5 rings (SSSR count). The normalized spacial score (nSPS) is 10.9. The molecule has 0 saturated carbocycles. The monoisotopic (exact) mass is 361 g/mol. The third-order valence-electron chi connectivity index (χ3n) is 4.88. The Kier molecular flexibility index (Phi) is 3.74. The van der Waals surface area contributed by atoms with Crippen molar-refractivity contribution in [3.63, 3.8) is 0 Å². The number of hydrogen-bond donors (Lipinski definition) is 0. The molecule has 0 radical (unpaired) electrons. The van der Waals surface area contributed by atoms with Gasteiger partial charge in [-0.25, -0.2) is 0 Å². The lowest BCUT2D eigenvalue weighted by Crippen LogP contribution is -1.85. The van der Waals surface area contributed by atoms with Gasteiger partial charge in [-0.3, -0.25) is 0 Å². The van der Waals surface area contributed by atoms with Gasteiger partial charge in [-0.1, -0.05) is 66.7 Å². The Morgan fingerprint density at radius 3 is 2.22 bits per heavy atom. The van der Waals surface area contributed by atoms with Crippen molar-refractivity contribution in [1.29, 1.82) is 5.26 Å². The third kappa shape index (κ3) is 2.70. The first-order valence-corrected chi connectivity index (χ1v) is 9.66. The number of rotatable bonds is 2. The van der Waals surface area contributed by atoms with E-state index in [4.69, 9.17) is 0 Å². The lowest BCUT2D eigenvalue weighted by atomic mass is 9.95. The van der Waals surface area contributed by atoms with E-state index in [1.54, 1.807) is 0 Å². The van der Waals surface area contributed by atoms with Gasteiger partial charge in [0.2, 0.25) is 0 Å². The van der Waals surface area contributed by atoms with Crippen LogP contribution >= 0.6 is 11.3 Å². The number of nitrogens with zero attached hydrogens (tertiary/aromatic N) is 1. The highest BCUT2D eigenvalue weighted by Gasteiger charge is 2.12. The number of fused-ring (bicyclic) bond motifs is 3. The van der Waals surface area contributed by atoms with Gasteiger partial charge in [0.25, 0.3) is 0 Å². The maximum atomic E-state index is 9.56. The van der Waals surface area contributed by atoms with Crippen LogP contribution in [0.2, 0.25) is 0 Å². The van der Waals surface area contributed by atoms with Crippen LogP contribution in [0.4, 0.5) is 0 Å². The molecule has 0 spiro atoms.